The monoisotopic (exact) mass is 468 g/mol. The van der Waals surface area contributed by atoms with Gasteiger partial charge in [0.25, 0.3) is 0 Å². The topological polar surface area (TPSA) is 51.1 Å². The summed E-state index contributed by atoms with van der Waals surface area (Å²) in [6, 6.07) is 14.8. The van der Waals surface area contributed by atoms with Gasteiger partial charge in [-0.15, -0.1) is 6.58 Å². The van der Waals surface area contributed by atoms with Gasteiger partial charge in [-0.2, -0.15) is 0 Å². The summed E-state index contributed by atoms with van der Waals surface area (Å²) >= 11 is 3.54. The summed E-state index contributed by atoms with van der Waals surface area (Å²) in [7, 11) is 0. The zero-order valence-corrected chi connectivity index (χ0v) is 20.1. The fourth-order valence-corrected chi connectivity index (χ4v) is 5.90. The SMILES string of the molecule is C=CCC/C(=N\OC(=O)C(C)(C)N1CCOCC1)c1ccc2c(c1)Sc1ccccc1S2. The zero-order chi connectivity index (χ0) is 22.6. The molecule has 0 aliphatic carbocycles. The Labute approximate surface area is 198 Å². The molecule has 1 saturated heterocycles. The zero-order valence-electron chi connectivity index (χ0n) is 18.5. The Morgan fingerprint density at radius 1 is 1.12 bits per heavy atom. The maximum atomic E-state index is 12.9. The number of oxime groups is 1. The lowest BCUT2D eigenvalue weighted by molar-refractivity contribution is -0.159. The van der Waals surface area contributed by atoms with Crippen molar-refractivity contribution in [2.45, 2.75) is 51.8 Å². The van der Waals surface area contributed by atoms with E-state index in [1.54, 1.807) is 23.5 Å². The average molecular weight is 469 g/mol. The number of ether oxygens (including phenoxy) is 1. The van der Waals surface area contributed by atoms with Crippen LogP contribution in [0.1, 0.15) is 32.3 Å². The molecule has 0 amide bonds. The molecular weight excluding hydrogens is 440 g/mol. The van der Waals surface area contributed by atoms with Gasteiger partial charge in [-0.05, 0) is 51.0 Å². The van der Waals surface area contributed by atoms with Crippen molar-refractivity contribution in [3.05, 3.63) is 60.7 Å². The molecule has 2 heterocycles. The van der Waals surface area contributed by atoms with Crippen molar-refractivity contribution in [2.75, 3.05) is 26.3 Å². The summed E-state index contributed by atoms with van der Waals surface area (Å²) in [6.07, 6.45) is 3.27. The van der Waals surface area contributed by atoms with E-state index in [9.17, 15) is 4.79 Å². The summed E-state index contributed by atoms with van der Waals surface area (Å²) in [5.74, 6) is -0.354. The lowest BCUT2D eigenvalue weighted by Crippen LogP contribution is -2.54. The van der Waals surface area contributed by atoms with Crippen LogP contribution in [0, 0.1) is 0 Å². The highest BCUT2D eigenvalue weighted by Crippen LogP contribution is 2.48. The van der Waals surface area contributed by atoms with Crippen molar-refractivity contribution >= 4 is 35.2 Å². The summed E-state index contributed by atoms with van der Waals surface area (Å²) in [5, 5.41) is 4.33. The van der Waals surface area contributed by atoms with Crippen LogP contribution in [-0.4, -0.2) is 48.4 Å². The Morgan fingerprint density at radius 2 is 1.78 bits per heavy atom. The predicted octanol–water partition coefficient (Wildman–Crippen LogP) is 5.63. The number of hydrogen-bond donors (Lipinski definition) is 0. The minimum Gasteiger partial charge on any atom is -0.379 e. The second-order valence-electron chi connectivity index (χ2n) is 8.21. The summed E-state index contributed by atoms with van der Waals surface area (Å²) in [5.41, 5.74) is 0.960. The fraction of sp³-hybridized carbons (Fsp3) is 0.360. The van der Waals surface area contributed by atoms with E-state index < -0.39 is 5.54 Å². The van der Waals surface area contributed by atoms with E-state index in [0.29, 0.717) is 32.7 Å². The standard InChI is InChI=1S/C25H28N2O3S2/c1-4-5-8-19(26-30-24(28)25(2,3)27-13-15-29-16-14-27)18-11-12-22-23(17-18)32-21-10-7-6-9-20(21)31-22/h4,6-7,9-12,17H,1,5,8,13-16H2,2-3H3/b26-19+. The van der Waals surface area contributed by atoms with Gasteiger partial charge >= 0.3 is 5.97 Å². The number of hydrogen-bond acceptors (Lipinski definition) is 7. The third-order valence-corrected chi connectivity index (χ3v) is 8.23. The van der Waals surface area contributed by atoms with Crippen LogP contribution < -0.4 is 0 Å². The Bertz CT molecular complexity index is 1030. The molecule has 5 nitrogen and oxygen atoms in total. The molecule has 0 bridgehead atoms. The number of carbonyl (C=O) groups excluding carboxylic acids is 1. The van der Waals surface area contributed by atoms with E-state index in [-0.39, 0.29) is 5.97 Å². The lowest BCUT2D eigenvalue weighted by atomic mass is 10.0. The molecule has 7 heteroatoms. The van der Waals surface area contributed by atoms with Gasteiger partial charge in [-0.3, -0.25) is 4.90 Å². The van der Waals surface area contributed by atoms with Crippen molar-refractivity contribution < 1.29 is 14.4 Å². The maximum absolute atomic E-state index is 12.9. The maximum Gasteiger partial charge on any atom is 0.354 e. The molecule has 4 rings (SSSR count). The molecule has 2 aromatic rings. The molecule has 2 aromatic carbocycles. The number of rotatable bonds is 7. The average Bonchev–Trinajstić information content (AvgIpc) is 2.82. The molecule has 0 saturated carbocycles. The van der Waals surface area contributed by atoms with Crippen LogP contribution >= 0.6 is 23.5 Å². The van der Waals surface area contributed by atoms with Crippen molar-refractivity contribution in [1.29, 1.82) is 0 Å². The van der Waals surface area contributed by atoms with Crippen molar-refractivity contribution in [3.8, 4) is 0 Å². The molecule has 0 unspecified atom stereocenters. The van der Waals surface area contributed by atoms with E-state index >= 15 is 0 Å². The number of benzene rings is 2. The number of allylic oxidation sites excluding steroid dienone is 1. The molecule has 1 fully saturated rings. The first-order valence-corrected chi connectivity index (χ1v) is 12.4. The highest BCUT2D eigenvalue weighted by molar-refractivity contribution is 8.05. The second-order valence-corrected chi connectivity index (χ2v) is 10.4. The first kappa shape index (κ1) is 23.1. The molecule has 0 radical (unpaired) electrons. The summed E-state index contributed by atoms with van der Waals surface area (Å²) in [4.78, 5) is 25.4. The van der Waals surface area contributed by atoms with Crippen LogP contribution in [0.25, 0.3) is 0 Å². The first-order chi connectivity index (χ1) is 15.5. The fourth-order valence-electron chi connectivity index (χ4n) is 3.65. The van der Waals surface area contributed by atoms with Crippen LogP contribution in [0.15, 0.2) is 79.9 Å². The van der Waals surface area contributed by atoms with Gasteiger partial charge in [0.2, 0.25) is 0 Å². The third kappa shape index (κ3) is 5.12. The van der Waals surface area contributed by atoms with E-state index in [2.05, 4.69) is 59.1 Å². The van der Waals surface area contributed by atoms with Gasteiger partial charge in [-0.1, -0.05) is 53.0 Å². The number of fused-ring (bicyclic) bond motifs is 2. The van der Waals surface area contributed by atoms with Crippen molar-refractivity contribution in [1.82, 2.24) is 4.90 Å². The first-order valence-electron chi connectivity index (χ1n) is 10.8. The van der Waals surface area contributed by atoms with Crippen LogP contribution in [0.2, 0.25) is 0 Å². The Balaban J connectivity index is 1.54. The van der Waals surface area contributed by atoms with Gasteiger partial charge in [0.1, 0.15) is 5.54 Å². The van der Waals surface area contributed by atoms with Crippen LogP contribution in [0.5, 0.6) is 0 Å². The van der Waals surface area contributed by atoms with Gasteiger partial charge in [0, 0.05) is 38.2 Å². The van der Waals surface area contributed by atoms with E-state index in [1.807, 2.05) is 19.9 Å². The lowest BCUT2D eigenvalue weighted by Gasteiger charge is -2.37. The quantitative estimate of drug-likeness (QED) is 0.194. The Morgan fingerprint density at radius 3 is 2.47 bits per heavy atom. The molecule has 0 aromatic heterocycles. The van der Waals surface area contributed by atoms with Crippen molar-refractivity contribution in [3.63, 3.8) is 0 Å². The Kier molecular flexibility index (Phi) is 7.40. The van der Waals surface area contributed by atoms with E-state index in [4.69, 9.17) is 9.57 Å². The van der Waals surface area contributed by atoms with Gasteiger partial charge in [0.05, 0.1) is 18.9 Å². The third-order valence-electron chi connectivity index (χ3n) is 5.69. The van der Waals surface area contributed by atoms with Gasteiger partial charge in [-0.25, -0.2) is 4.79 Å². The number of morpholine rings is 1. The number of carbonyl (C=O) groups is 1. The minimum atomic E-state index is -0.761. The molecule has 0 atom stereocenters. The second kappa shape index (κ2) is 10.3. The molecule has 0 spiro atoms. The molecule has 2 aliphatic rings. The van der Waals surface area contributed by atoms with E-state index in [0.717, 1.165) is 17.7 Å². The van der Waals surface area contributed by atoms with Crippen LogP contribution in [-0.2, 0) is 14.4 Å². The molecular formula is C25H28N2O3S2. The van der Waals surface area contributed by atoms with Crippen LogP contribution in [0.4, 0.5) is 0 Å². The van der Waals surface area contributed by atoms with Crippen LogP contribution in [0.3, 0.4) is 0 Å². The Hall–Kier alpha value is -2.06. The predicted molar refractivity (Wildman–Crippen MR) is 130 cm³/mol. The van der Waals surface area contributed by atoms with Gasteiger partial charge < -0.3 is 9.57 Å². The smallest absolute Gasteiger partial charge is 0.354 e. The van der Waals surface area contributed by atoms with E-state index in [1.165, 1.54) is 19.6 Å². The van der Waals surface area contributed by atoms with Crippen molar-refractivity contribution in [2.24, 2.45) is 5.16 Å². The molecule has 2 aliphatic heterocycles. The largest absolute Gasteiger partial charge is 0.379 e. The molecule has 168 valence electrons. The normalized spacial score (nSPS) is 16.8. The highest BCUT2D eigenvalue weighted by Gasteiger charge is 2.37. The molecule has 0 N–H and O–H groups in total. The summed E-state index contributed by atoms with van der Waals surface area (Å²) < 4.78 is 5.41. The van der Waals surface area contributed by atoms with Gasteiger partial charge in [0.15, 0.2) is 0 Å². The molecule has 32 heavy (non-hydrogen) atoms. The number of nitrogens with zero attached hydrogens (tertiary/aromatic N) is 2. The highest BCUT2D eigenvalue weighted by atomic mass is 32.2. The summed E-state index contributed by atoms with van der Waals surface area (Å²) in [6.45, 7) is 10.2. The minimum absolute atomic E-state index is 0.354.